The third-order valence-electron chi connectivity index (χ3n) is 3.90. The van der Waals surface area contributed by atoms with Gasteiger partial charge in [0.05, 0.1) is 6.61 Å². The Morgan fingerprint density at radius 3 is 2.57 bits per heavy atom. The lowest BCUT2D eigenvalue weighted by atomic mass is 10.1. The number of nitrogens with zero attached hydrogens (tertiary/aromatic N) is 1. The first-order valence-corrected chi connectivity index (χ1v) is 7.15. The zero-order valence-electron chi connectivity index (χ0n) is 12.5. The smallest absolute Gasteiger partial charge is 0.319 e. The summed E-state index contributed by atoms with van der Waals surface area (Å²) in [5.41, 5.74) is -0.0734. The van der Waals surface area contributed by atoms with Crippen molar-refractivity contribution < 1.29 is 19.4 Å². The number of para-hydroxylation sites is 1. The molecule has 0 aliphatic heterocycles. The van der Waals surface area contributed by atoms with Crippen molar-refractivity contribution in [2.75, 3.05) is 20.2 Å². The maximum absolute atomic E-state index is 12.1. The second kappa shape index (κ2) is 6.16. The molecule has 5 nitrogen and oxygen atoms in total. The van der Waals surface area contributed by atoms with E-state index in [1.54, 1.807) is 7.05 Å². The van der Waals surface area contributed by atoms with Crippen LogP contribution in [0.4, 0.5) is 0 Å². The van der Waals surface area contributed by atoms with E-state index in [9.17, 15) is 9.59 Å². The monoisotopic (exact) mass is 291 g/mol. The molecule has 0 radical (unpaired) electrons. The van der Waals surface area contributed by atoms with Crippen molar-refractivity contribution >= 4 is 11.9 Å². The maximum Gasteiger partial charge on any atom is 0.319 e. The fourth-order valence-electron chi connectivity index (χ4n) is 2.31. The SMILES string of the molecule is Cc1ccccc1OCCCN(C)C(=O)C1(C(=O)O)CC1. The Balaban J connectivity index is 1.75. The molecule has 0 heterocycles. The summed E-state index contributed by atoms with van der Waals surface area (Å²) >= 11 is 0. The van der Waals surface area contributed by atoms with Crippen molar-refractivity contribution in [3.63, 3.8) is 0 Å². The van der Waals surface area contributed by atoms with Crippen LogP contribution in [0.25, 0.3) is 0 Å². The maximum atomic E-state index is 12.1. The average molecular weight is 291 g/mol. The van der Waals surface area contributed by atoms with Gasteiger partial charge in [-0.3, -0.25) is 9.59 Å². The Hall–Kier alpha value is -2.04. The van der Waals surface area contributed by atoms with E-state index in [0.29, 0.717) is 32.4 Å². The number of aryl methyl sites for hydroxylation is 1. The lowest BCUT2D eigenvalue weighted by Gasteiger charge is -2.21. The molecule has 2 rings (SSSR count). The number of aliphatic carboxylic acids is 1. The molecule has 1 saturated carbocycles. The second-order valence-electron chi connectivity index (χ2n) is 5.58. The number of hydrogen-bond donors (Lipinski definition) is 1. The van der Waals surface area contributed by atoms with Gasteiger partial charge in [-0.2, -0.15) is 0 Å². The minimum atomic E-state index is -1.15. The summed E-state index contributed by atoms with van der Waals surface area (Å²) in [4.78, 5) is 24.7. The first kappa shape index (κ1) is 15.4. The molecule has 1 aliphatic carbocycles. The Morgan fingerprint density at radius 1 is 1.33 bits per heavy atom. The van der Waals surface area contributed by atoms with Crippen LogP contribution in [0.1, 0.15) is 24.8 Å². The zero-order valence-corrected chi connectivity index (χ0v) is 12.5. The number of amides is 1. The van der Waals surface area contributed by atoms with E-state index in [2.05, 4.69) is 0 Å². The van der Waals surface area contributed by atoms with E-state index >= 15 is 0 Å². The van der Waals surface area contributed by atoms with Gasteiger partial charge in [0.2, 0.25) is 5.91 Å². The van der Waals surface area contributed by atoms with E-state index in [0.717, 1.165) is 11.3 Å². The molecular formula is C16H21NO4. The summed E-state index contributed by atoms with van der Waals surface area (Å²) in [7, 11) is 1.65. The lowest BCUT2D eigenvalue weighted by molar-refractivity contribution is -0.152. The lowest BCUT2D eigenvalue weighted by Crippen LogP contribution is -2.39. The highest BCUT2D eigenvalue weighted by Gasteiger charge is 2.58. The largest absolute Gasteiger partial charge is 0.493 e. The highest BCUT2D eigenvalue weighted by atomic mass is 16.5. The molecule has 1 aromatic carbocycles. The summed E-state index contributed by atoms with van der Waals surface area (Å²) in [6, 6.07) is 7.76. The topological polar surface area (TPSA) is 66.8 Å². The Morgan fingerprint density at radius 2 is 2.00 bits per heavy atom. The molecule has 0 unspecified atom stereocenters. The molecular weight excluding hydrogens is 270 g/mol. The number of carboxylic acids is 1. The van der Waals surface area contributed by atoms with E-state index in [1.807, 2.05) is 31.2 Å². The van der Waals surface area contributed by atoms with Crippen LogP contribution in [-0.4, -0.2) is 42.1 Å². The Labute approximate surface area is 124 Å². The van der Waals surface area contributed by atoms with Crippen molar-refractivity contribution in [2.24, 2.45) is 5.41 Å². The van der Waals surface area contributed by atoms with Gasteiger partial charge < -0.3 is 14.7 Å². The minimum absolute atomic E-state index is 0.286. The third kappa shape index (κ3) is 3.35. The fraction of sp³-hybridized carbons (Fsp3) is 0.500. The Bertz CT molecular complexity index is 537. The molecule has 0 spiro atoms. The quantitative estimate of drug-likeness (QED) is 0.617. The highest BCUT2D eigenvalue weighted by Crippen LogP contribution is 2.47. The number of rotatable bonds is 7. The molecule has 1 fully saturated rings. The first-order chi connectivity index (χ1) is 9.97. The normalized spacial score (nSPS) is 15.3. The molecule has 1 amide bonds. The van der Waals surface area contributed by atoms with Crippen LogP contribution in [0.2, 0.25) is 0 Å². The number of benzene rings is 1. The van der Waals surface area contributed by atoms with Crippen LogP contribution < -0.4 is 4.74 Å². The van der Waals surface area contributed by atoms with Crippen LogP contribution >= 0.6 is 0 Å². The molecule has 0 bridgehead atoms. The highest BCUT2D eigenvalue weighted by molar-refractivity contribution is 6.04. The van der Waals surface area contributed by atoms with Crippen molar-refractivity contribution in [3.8, 4) is 5.75 Å². The molecule has 1 aromatic rings. The molecule has 0 saturated heterocycles. The van der Waals surface area contributed by atoms with Crippen molar-refractivity contribution in [1.82, 2.24) is 4.90 Å². The van der Waals surface area contributed by atoms with Gasteiger partial charge in [0.15, 0.2) is 0 Å². The van der Waals surface area contributed by atoms with E-state index in [1.165, 1.54) is 4.90 Å². The molecule has 114 valence electrons. The summed E-state index contributed by atoms with van der Waals surface area (Å²) in [6.45, 7) is 2.98. The van der Waals surface area contributed by atoms with Crippen molar-refractivity contribution in [2.45, 2.75) is 26.2 Å². The zero-order chi connectivity index (χ0) is 15.5. The standard InChI is InChI=1S/C16H21NO4/c1-12-6-3-4-7-13(12)21-11-5-10-17(2)14(18)16(8-9-16)15(19)20/h3-4,6-7H,5,8-11H2,1-2H3,(H,19,20). The third-order valence-corrected chi connectivity index (χ3v) is 3.90. The predicted octanol–water partition coefficient (Wildman–Crippen LogP) is 2.09. The molecule has 1 aliphatic rings. The van der Waals surface area contributed by atoms with Crippen LogP contribution in [0, 0.1) is 12.3 Å². The van der Waals surface area contributed by atoms with E-state index in [4.69, 9.17) is 9.84 Å². The minimum Gasteiger partial charge on any atom is -0.493 e. The Kier molecular flexibility index (Phi) is 4.50. The van der Waals surface area contributed by atoms with Gasteiger partial charge >= 0.3 is 5.97 Å². The van der Waals surface area contributed by atoms with Gasteiger partial charge in [0.1, 0.15) is 11.2 Å². The van der Waals surface area contributed by atoms with Crippen molar-refractivity contribution in [3.05, 3.63) is 29.8 Å². The van der Waals surface area contributed by atoms with Gasteiger partial charge in [-0.05, 0) is 37.8 Å². The van der Waals surface area contributed by atoms with Crippen LogP contribution in [-0.2, 0) is 9.59 Å². The van der Waals surface area contributed by atoms with E-state index < -0.39 is 11.4 Å². The van der Waals surface area contributed by atoms with Gasteiger partial charge in [-0.15, -0.1) is 0 Å². The molecule has 0 atom stereocenters. The summed E-state index contributed by atoms with van der Waals surface area (Å²) in [6.07, 6.45) is 1.57. The van der Waals surface area contributed by atoms with Gasteiger partial charge in [-0.1, -0.05) is 18.2 Å². The fourth-order valence-corrected chi connectivity index (χ4v) is 2.31. The summed E-state index contributed by atoms with van der Waals surface area (Å²) < 4.78 is 5.66. The van der Waals surface area contributed by atoms with Crippen LogP contribution in [0.5, 0.6) is 5.75 Å². The van der Waals surface area contributed by atoms with Gasteiger partial charge in [0.25, 0.3) is 0 Å². The number of hydrogen-bond acceptors (Lipinski definition) is 3. The average Bonchev–Trinajstić information content (AvgIpc) is 3.26. The molecule has 21 heavy (non-hydrogen) atoms. The summed E-state index contributed by atoms with van der Waals surface area (Å²) in [5, 5.41) is 9.10. The van der Waals surface area contributed by atoms with Crippen LogP contribution in [0.3, 0.4) is 0 Å². The number of carboxylic acid groups (broad SMARTS) is 1. The number of carbonyl (C=O) groups is 2. The molecule has 1 N–H and O–H groups in total. The number of ether oxygens (including phenoxy) is 1. The predicted molar refractivity (Wildman–Crippen MR) is 78.2 cm³/mol. The first-order valence-electron chi connectivity index (χ1n) is 7.15. The summed E-state index contributed by atoms with van der Waals surface area (Å²) in [5.74, 6) is -0.447. The van der Waals surface area contributed by atoms with E-state index in [-0.39, 0.29) is 5.91 Å². The van der Waals surface area contributed by atoms with Gasteiger partial charge in [-0.25, -0.2) is 0 Å². The number of carbonyl (C=O) groups excluding carboxylic acids is 1. The second-order valence-corrected chi connectivity index (χ2v) is 5.58. The molecule has 5 heteroatoms. The van der Waals surface area contributed by atoms with Crippen LogP contribution in [0.15, 0.2) is 24.3 Å². The molecule has 0 aromatic heterocycles. The van der Waals surface area contributed by atoms with Crippen molar-refractivity contribution in [1.29, 1.82) is 0 Å². The van der Waals surface area contributed by atoms with Gasteiger partial charge in [0, 0.05) is 13.6 Å².